The highest BCUT2D eigenvalue weighted by atomic mass is 32.2. The summed E-state index contributed by atoms with van der Waals surface area (Å²) >= 11 is 0. The average molecular weight is 505 g/mol. The van der Waals surface area contributed by atoms with Crippen LogP contribution in [0.1, 0.15) is 49.3 Å². The second-order valence-corrected chi connectivity index (χ2v) is 10.3. The van der Waals surface area contributed by atoms with Gasteiger partial charge in [-0.1, -0.05) is 6.92 Å². The normalized spacial score (nSPS) is 17.7. The number of anilines is 1. The van der Waals surface area contributed by atoms with Gasteiger partial charge in [0.2, 0.25) is 27.7 Å². The molecule has 35 heavy (non-hydrogen) atoms. The molecule has 14 heteroatoms. The third-order valence-corrected chi connectivity index (χ3v) is 7.84. The zero-order valence-electron chi connectivity index (χ0n) is 20.2. The predicted molar refractivity (Wildman–Crippen MR) is 125 cm³/mol. The molecular weight excluding hydrogens is 476 g/mol. The lowest BCUT2D eigenvalue weighted by atomic mass is 10.1. The molecule has 3 atom stereocenters. The van der Waals surface area contributed by atoms with E-state index in [1.807, 2.05) is 6.92 Å². The molecule has 1 fully saturated rings. The number of aromatic nitrogens is 7. The minimum absolute atomic E-state index is 0.0397. The van der Waals surface area contributed by atoms with Gasteiger partial charge in [-0.3, -0.25) is 9.29 Å². The van der Waals surface area contributed by atoms with Crippen molar-refractivity contribution in [2.45, 2.75) is 44.3 Å². The number of nitrogens with one attached hydrogen (secondary N) is 1. The Kier molecular flexibility index (Phi) is 7.12. The maximum Gasteiger partial charge on any atom is 0.245 e. The van der Waals surface area contributed by atoms with Gasteiger partial charge in [-0.2, -0.15) is 9.97 Å². The van der Waals surface area contributed by atoms with Gasteiger partial charge in [-0.15, -0.1) is 10.2 Å². The van der Waals surface area contributed by atoms with Crippen molar-refractivity contribution in [3.8, 4) is 17.4 Å². The van der Waals surface area contributed by atoms with E-state index in [2.05, 4.69) is 34.9 Å². The number of aryl methyl sites for hydroxylation is 1. The number of nitrogens with zero attached hydrogens (tertiary/aromatic N) is 7. The Bertz CT molecular complexity index is 1250. The van der Waals surface area contributed by atoms with Gasteiger partial charge in [0.25, 0.3) is 0 Å². The van der Waals surface area contributed by atoms with Gasteiger partial charge in [0, 0.05) is 30.8 Å². The second-order valence-electron chi connectivity index (χ2n) is 8.28. The molecule has 1 saturated heterocycles. The Hall–Kier alpha value is -3.39. The molecule has 3 aromatic rings. The van der Waals surface area contributed by atoms with Crippen molar-refractivity contribution in [1.29, 1.82) is 0 Å². The first-order valence-corrected chi connectivity index (χ1v) is 12.6. The molecule has 0 radical (unpaired) electrons. The minimum atomic E-state index is -3.96. The fraction of sp³-hybridized carbons (Fsp3) is 0.524. The molecule has 0 saturated carbocycles. The molecule has 3 aromatic heterocycles. The van der Waals surface area contributed by atoms with Gasteiger partial charge in [0.1, 0.15) is 18.0 Å². The van der Waals surface area contributed by atoms with E-state index in [-0.39, 0.29) is 29.3 Å². The lowest BCUT2D eigenvalue weighted by Crippen LogP contribution is -2.31. The molecule has 0 unspecified atom stereocenters. The zero-order valence-corrected chi connectivity index (χ0v) is 21.0. The van der Waals surface area contributed by atoms with Gasteiger partial charge >= 0.3 is 0 Å². The molecular formula is C21H28N8O5S. The summed E-state index contributed by atoms with van der Waals surface area (Å²) in [6, 6.07) is 0. The maximum absolute atomic E-state index is 13.4. The largest absolute Gasteiger partial charge is 0.479 e. The standard InChI is InChI=1S/C21H28N8O5S/c1-12-8-22-17(23-9-12)13(2)14(3)35(30,31)28-21-27-26-18(15-6-7-34-10-15)29(21)16-19(32-4)24-11-25-20(16)33-5/h8-9,11,13-15H,6-7,10H2,1-5H3,(H,27,28)/t13-,14-,15-/m0/s1. The Morgan fingerprint density at radius 1 is 1.09 bits per heavy atom. The summed E-state index contributed by atoms with van der Waals surface area (Å²) in [5, 5.41) is 7.58. The van der Waals surface area contributed by atoms with Crippen molar-refractivity contribution in [2.24, 2.45) is 0 Å². The maximum atomic E-state index is 13.4. The molecule has 0 bridgehead atoms. The van der Waals surface area contributed by atoms with Crippen LogP contribution in [-0.2, 0) is 14.8 Å². The first-order chi connectivity index (χ1) is 16.8. The highest BCUT2D eigenvalue weighted by Crippen LogP contribution is 2.36. The summed E-state index contributed by atoms with van der Waals surface area (Å²) in [5.41, 5.74) is 1.17. The van der Waals surface area contributed by atoms with Crippen LogP contribution in [-0.4, -0.2) is 75.8 Å². The minimum Gasteiger partial charge on any atom is -0.479 e. The van der Waals surface area contributed by atoms with E-state index in [1.165, 1.54) is 25.1 Å². The number of hydrogen-bond acceptors (Lipinski definition) is 11. The van der Waals surface area contributed by atoms with E-state index < -0.39 is 21.2 Å². The van der Waals surface area contributed by atoms with E-state index in [4.69, 9.17) is 14.2 Å². The molecule has 0 aromatic carbocycles. The van der Waals surface area contributed by atoms with E-state index >= 15 is 0 Å². The van der Waals surface area contributed by atoms with Crippen molar-refractivity contribution < 1.29 is 22.6 Å². The monoisotopic (exact) mass is 504 g/mol. The topological polar surface area (TPSA) is 156 Å². The lowest BCUT2D eigenvalue weighted by Gasteiger charge is -2.21. The predicted octanol–water partition coefficient (Wildman–Crippen LogP) is 1.61. The third-order valence-electron chi connectivity index (χ3n) is 5.98. The molecule has 13 nitrogen and oxygen atoms in total. The first kappa shape index (κ1) is 24.7. The van der Waals surface area contributed by atoms with Crippen molar-refractivity contribution in [1.82, 2.24) is 34.7 Å². The molecule has 188 valence electrons. The number of methoxy groups -OCH3 is 2. The third kappa shape index (κ3) is 4.89. The van der Waals surface area contributed by atoms with E-state index in [1.54, 1.807) is 26.2 Å². The van der Waals surface area contributed by atoms with Gasteiger partial charge in [-0.25, -0.2) is 18.4 Å². The van der Waals surface area contributed by atoms with Crippen LogP contribution in [0.5, 0.6) is 11.8 Å². The van der Waals surface area contributed by atoms with Gasteiger partial charge in [-0.05, 0) is 25.8 Å². The average Bonchev–Trinajstić information content (AvgIpc) is 3.52. The Morgan fingerprint density at radius 2 is 1.74 bits per heavy atom. The summed E-state index contributed by atoms with van der Waals surface area (Å²) in [4.78, 5) is 16.9. The van der Waals surface area contributed by atoms with Crippen LogP contribution < -0.4 is 14.2 Å². The highest BCUT2D eigenvalue weighted by Gasteiger charge is 2.34. The number of rotatable bonds is 9. The SMILES string of the molecule is COc1ncnc(OC)c1-n1c(NS(=O)(=O)[C@@H](C)[C@H](C)c2ncc(C)cn2)nnc1[C@H]1CCOC1. The van der Waals surface area contributed by atoms with Crippen LogP contribution in [0.25, 0.3) is 5.69 Å². The fourth-order valence-corrected chi connectivity index (χ4v) is 4.99. The summed E-state index contributed by atoms with van der Waals surface area (Å²) < 4.78 is 47.4. The lowest BCUT2D eigenvalue weighted by molar-refractivity contribution is 0.193. The molecule has 1 N–H and O–H groups in total. The molecule has 0 aliphatic carbocycles. The molecule has 1 aliphatic heterocycles. The van der Waals surface area contributed by atoms with Gasteiger partial charge in [0.05, 0.1) is 26.1 Å². The quantitative estimate of drug-likeness (QED) is 0.451. The summed E-state index contributed by atoms with van der Waals surface area (Å²) in [6.07, 6.45) is 5.30. The van der Waals surface area contributed by atoms with Crippen LogP contribution >= 0.6 is 0 Å². The summed E-state index contributed by atoms with van der Waals surface area (Å²) in [5.74, 6) is 0.609. The molecule has 1 aliphatic rings. The zero-order chi connectivity index (χ0) is 25.2. The van der Waals surface area contributed by atoms with Crippen LogP contribution in [0.3, 0.4) is 0 Å². The van der Waals surface area contributed by atoms with Crippen LogP contribution in [0, 0.1) is 6.92 Å². The van der Waals surface area contributed by atoms with Gasteiger partial charge in [0.15, 0.2) is 5.69 Å². The highest BCUT2D eigenvalue weighted by molar-refractivity contribution is 7.93. The fourth-order valence-electron chi connectivity index (χ4n) is 3.76. The van der Waals surface area contributed by atoms with Gasteiger partial charge < -0.3 is 14.2 Å². The molecule has 4 rings (SSSR count). The van der Waals surface area contributed by atoms with E-state index in [0.29, 0.717) is 31.3 Å². The Labute approximate surface area is 203 Å². The van der Waals surface area contributed by atoms with Crippen molar-refractivity contribution in [3.63, 3.8) is 0 Å². The van der Waals surface area contributed by atoms with Crippen LogP contribution in [0.4, 0.5) is 5.95 Å². The van der Waals surface area contributed by atoms with E-state index in [0.717, 1.165) is 5.56 Å². The second kappa shape index (κ2) is 10.1. The molecule has 0 amide bonds. The molecule has 4 heterocycles. The Balaban J connectivity index is 1.76. The summed E-state index contributed by atoms with van der Waals surface area (Å²) in [7, 11) is -1.06. The Morgan fingerprint density at radius 3 is 2.31 bits per heavy atom. The first-order valence-electron chi connectivity index (χ1n) is 11.0. The number of sulfonamides is 1. The number of hydrogen-bond donors (Lipinski definition) is 1. The molecule has 0 spiro atoms. The van der Waals surface area contributed by atoms with Crippen LogP contribution in [0.2, 0.25) is 0 Å². The van der Waals surface area contributed by atoms with Crippen molar-refractivity contribution >= 4 is 16.0 Å². The van der Waals surface area contributed by atoms with E-state index in [9.17, 15) is 8.42 Å². The summed E-state index contributed by atoms with van der Waals surface area (Å²) in [6.45, 7) is 6.20. The number of ether oxygens (including phenoxy) is 3. The van der Waals surface area contributed by atoms with Crippen molar-refractivity contribution in [3.05, 3.63) is 35.9 Å². The van der Waals surface area contributed by atoms with Crippen LogP contribution in [0.15, 0.2) is 18.7 Å². The smallest absolute Gasteiger partial charge is 0.245 e. The van der Waals surface area contributed by atoms with Crippen molar-refractivity contribution in [2.75, 3.05) is 32.2 Å².